The van der Waals surface area contributed by atoms with Crippen molar-refractivity contribution in [2.75, 3.05) is 5.32 Å². The molecule has 2 heterocycles. The van der Waals surface area contributed by atoms with Crippen LogP contribution in [0.4, 0.5) is 5.69 Å². The Morgan fingerprint density at radius 2 is 1.92 bits per heavy atom. The monoisotopic (exact) mass is 350 g/mol. The van der Waals surface area contributed by atoms with E-state index < -0.39 is 5.60 Å². The zero-order valence-electron chi connectivity index (χ0n) is 15.2. The number of hydrogen-bond acceptors (Lipinski definition) is 3. The average Bonchev–Trinajstić information content (AvgIpc) is 2.92. The van der Waals surface area contributed by atoms with Crippen molar-refractivity contribution < 1.29 is 9.53 Å². The number of ether oxygens (including phenoxy) is 1. The second kappa shape index (κ2) is 7.22. The van der Waals surface area contributed by atoms with Crippen molar-refractivity contribution in [1.82, 2.24) is 5.32 Å². The second-order valence-electron chi connectivity index (χ2n) is 7.36. The third-order valence-corrected chi connectivity index (χ3v) is 5.47. The maximum absolute atomic E-state index is 12.9. The fourth-order valence-corrected chi connectivity index (χ4v) is 4.25. The molecule has 1 saturated heterocycles. The van der Waals surface area contributed by atoms with E-state index in [1.54, 1.807) is 0 Å². The number of amides is 1. The summed E-state index contributed by atoms with van der Waals surface area (Å²) in [5, 5.41) is 6.69. The fourth-order valence-electron chi connectivity index (χ4n) is 4.25. The lowest BCUT2D eigenvalue weighted by Crippen LogP contribution is -2.52. The fraction of sp³-hybridized carbons (Fsp3) is 0.409. The number of nitrogens with one attached hydrogen (secondary N) is 2. The molecule has 0 unspecified atom stereocenters. The Hall–Kier alpha value is -2.17. The second-order valence-corrected chi connectivity index (χ2v) is 7.36. The molecule has 4 nitrogen and oxygen atoms in total. The van der Waals surface area contributed by atoms with E-state index in [2.05, 4.69) is 41.8 Å². The molecule has 136 valence electrons. The normalized spacial score (nSPS) is 27.3. The zero-order valence-corrected chi connectivity index (χ0v) is 15.2. The smallest absolute Gasteiger partial charge is 0.261 e. The van der Waals surface area contributed by atoms with Gasteiger partial charge < -0.3 is 15.4 Å². The molecule has 0 saturated carbocycles. The Balaban J connectivity index is 1.58. The van der Waals surface area contributed by atoms with Crippen LogP contribution in [0.1, 0.15) is 43.7 Å². The molecule has 0 radical (unpaired) electrons. The lowest BCUT2D eigenvalue weighted by Gasteiger charge is -2.41. The maximum atomic E-state index is 12.9. The molecular weight excluding hydrogens is 324 g/mol. The van der Waals surface area contributed by atoms with Gasteiger partial charge in [0, 0.05) is 30.3 Å². The molecule has 2 aliphatic rings. The standard InChI is InChI=1S/C22H26N2O2/c1-2-8-18-13-17(23-15-16-9-4-3-5-10-16)14-22(26-18)19-11-6-7-12-20(19)24-21(22)25/h3-7,9-12,17-18,23H,2,8,13-15H2,1H3,(H,24,25)/t17-,18-,22-/m1/s1. The number of anilines is 1. The summed E-state index contributed by atoms with van der Waals surface area (Å²) in [6, 6.07) is 18.6. The van der Waals surface area contributed by atoms with Gasteiger partial charge in [-0.05, 0) is 24.5 Å². The van der Waals surface area contributed by atoms with Crippen LogP contribution >= 0.6 is 0 Å². The summed E-state index contributed by atoms with van der Waals surface area (Å²) < 4.78 is 6.44. The molecule has 0 bridgehead atoms. The Morgan fingerprint density at radius 3 is 2.73 bits per heavy atom. The Kier molecular flexibility index (Phi) is 4.79. The zero-order chi connectivity index (χ0) is 18.0. The van der Waals surface area contributed by atoms with Crippen LogP contribution in [0.15, 0.2) is 54.6 Å². The van der Waals surface area contributed by atoms with Crippen LogP contribution in [0.25, 0.3) is 0 Å². The summed E-state index contributed by atoms with van der Waals surface area (Å²) in [5.41, 5.74) is 2.27. The topological polar surface area (TPSA) is 50.4 Å². The van der Waals surface area contributed by atoms with Gasteiger partial charge in [-0.2, -0.15) is 0 Å². The number of carbonyl (C=O) groups is 1. The van der Waals surface area contributed by atoms with E-state index in [0.717, 1.165) is 37.1 Å². The SMILES string of the molecule is CCC[C@@H]1C[C@@H](NCc2ccccc2)C[C@]2(O1)C(=O)Nc1ccccc12. The van der Waals surface area contributed by atoms with Crippen molar-refractivity contribution in [3.8, 4) is 0 Å². The molecule has 1 spiro atoms. The first-order valence-electron chi connectivity index (χ1n) is 9.57. The summed E-state index contributed by atoms with van der Waals surface area (Å²) >= 11 is 0. The highest BCUT2D eigenvalue weighted by Crippen LogP contribution is 2.46. The summed E-state index contributed by atoms with van der Waals surface area (Å²) in [6.07, 6.45) is 3.73. The molecular formula is C22H26N2O2. The number of rotatable bonds is 5. The molecule has 1 fully saturated rings. The van der Waals surface area contributed by atoms with Crippen LogP contribution in [0.3, 0.4) is 0 Å². The van der Waals surface area contributed by atoms with Crippen LogP contribution in [0.2, 0.25) is 0 Å². The van der Waals surface area contributed by atoms with Crippen molar-refractivity contribution in [3.63, 3.8) is 0 Å². The minimum Gasteiger partial charge on any atom is -0.357 e. The van der Waals surface area contributed by atoms with Gasteiger partial charge in [0.15, 0.2) is 5.60 Å². The van der Waals surface area contributed by atoms with Gasteiger partial charge in [0.25, 0.3) is 5.91 Å². The first-order valence-corrected chi connectivity index (χ1v) is 9.57. The van der Waals surface area contributed by atoms with E-state index in [9.17, 15) is 4.79 Å². The van der Waals surface area contributed by atoms with Crippen LogP contribution in [0.5, 0.6) is 0 Å². The molecule has 2 aromatic carbocycles. The highest BCUT2D eigenvalue weighted by atomic mass is 16.5. The lowest BCUT2D eigenvalue weighted by molar-refractivity contribution is -0.167. The molecule has 2 aromatic rings. The maximum Gasteiger partial charge on any atom is 0.261 e. The van der Waals surface area contributed by atoms with Gasteiger partial charge in [-0.3, -0.25) is 4.79 Å². The van der Waals surface area contributed by atoms with Crippen LogP contribution < -0.4 is 10.6 Å². The minimum absolute atomic E-state index is 0.0222. The van der Waals surface area contributed by atoms with Gasteiger partial charge in [0.2, 0.25) is 0 Å². The summed E-state index contributed by atoms with van der Waals surface area (Å²) in [6.45, 7) is 2.98. The molecule has 0 aromatic heterocycles. The molecule has 4 rings (SSSR count). The Morgan fingerprint density at radius 1 is 1.15 bits per heavy atom. The van der Waals surface area contributed by atoms with E-state index in [-0.39, 0.29) is 18.1 Å². The number of carbonyl (C=O) groups excluding carboxylic acids is 1. The molecule has 26 heavy (non-hydrogen) atoms. The van der Waals surface area contributed by atoms with Gasteiger partial charge in [0.05, 0.1) is 6.10 Å². The first kappa shape index (κ1) is 17.3. The molecule has 2 N–H and O–H groups in total. The molecule has 1 amide bonds. The summed E-state index contributed by atoms with van der Waals surface area (Å²) in [5.74, 6) is -0.0222. The van der Waals surface area contributed by atoms with E-state index >= 15 is 0 Å². The van der Waals surface area contributed by atoms with E-state index in [1.807, 2.05) is 30.3 Å². The number of fused-ring (bicyclic) bond motifs is 2. The van der Waals surface area contributed by atoms with Gasteiger partial charge in [-0.1, -0.05) is 61.9 Å². The number of para-hydroxylation sites is 1. The minimum atomic E-state index is -0.858. The van der Waals surface area contributed by atoms with Crippen molar-refractivity contribution >= 4 is 11.6 Å². The first-order chi connectivity index (χ1) is 12.7. The van der Waals surface area contributed by atoms with E-state index in [4.69, 9.17) is 4.74 Å². The predicted molar refractivity (Wildman–Crippen MR) is 103 cm³/mol. The number of hydrogen-bond donors (Lipinski definition) is 2. The van der Waals surface area contributed by atoms with Gasteiger partial charge in [0.1, 0.15) is 0 Å². The van der Waals surface area contributed by atoms with Gasteiger partial charge in [-0.25, -0.2) is 0 Å². The van der Waals surface area contributed by atoms with Gasteiger partial charge >= 0.3 is 0 Å². The van der Waals surface area contributed by atoms with E-state index in [0.29, 0.717) is 6.42 Å². The van der Waals surface area contributed by atoms with E-state index in [1.165, 1.54) is 5.56 Å². The quantitative estimate of drug-likeness (QED) is 0.858. The third-order valence-electron chi connectivity index (χ3n) is 5.47. The van der Waals surface area contributed by atoms with Crippen molar-refractivity contribution in [3.05, 3.63) is 65.7 Å². The van der Waals surface area contributed by atoms with Crippen LogP contribution in [-0.4, -0.2) is 18.1 Å². The van der Waals surface area contributed by atoms with Crippen molar-refractivity contribution in [1.29, 1.82) is 0 Å². The molecule has 2 aliphatic heterocycles. The average molecular weight is 350 g/mol. The largest absolute Gasteiger partial charge is 0.357 e. The predicted octanol–water partition coefficient (Wildman–Crippen LogP) is 3.97. The van der Waals surface area contributed by atoms with Crippen molar-refractivity contribution in [2.45, 2.75) is 56.9 Å². The summed E-state index contributed by atoms with van der Waals surface area (Å²) in [4.78, 5) is 12.9. The Labute approximate surface area is 155 Å². The molecule has 3 atom stereocenters. The van der Waals surface area contributed by atoms with Crippen LogP contribution in [-0.2, 0) is 21.7 Å². The van der Waals surface area contributed by atoms with Gasteiger partial charge in [-0.15, -0.1) is 0 Å². The molecule has 0 aliphatic carbocycles. The molecule has 4 heteroatoms. The lowest BCUT2D eigenvalue weighted by atomic mass is 9.82. The summed E-state index contributed by atoms with van der Waals surface area (Å²) in [7, 11) is 0. The highest BCUT2D eigenvalue weighted by molar-refractivity contribution is 6.05. The third kappa shape index (κ3) is 3.15. The Bertz CT molecular complexity index is 777. The highest BCUT2D eigenvalue weighted by Gasteiger charge is 2.53. The van der Waals surface area contributed by atoms with Crippen molar-refractivity contribution in [2.24, 2.45) is 0 Å². The van der Waals surface area contributed by atoms with Crippen LogP contribution in [0, 0.1) is 0 Å². The number of benzene rings is 2.